The van der Waals surface area contributed by atoms with E-state index in [1.807, 2.05) is 31.2 Å². The van der Waals surface area contributed by atoms with Gasteiger partial charge in [0.05, 0.1) is 31.2 Å². The van der Waals surface area contributed by atoms with E-state index in [0.717, 1.165) is 16.5 Å². The fraction of sp³-hybridized carbons (Fsp3) is 0.148. The van der Waals surface area contributed by atoms with Crippen LogP contribution in [-0.4, -0.2) is 30.2 Å². The Hall–Kier alpha value is -3.88. The lowest BCUT2D eigenvalue weighted by molar-refractivity contribution is -0.119. The summed E-state index contributed by atoms with van der Waals surface area (Å²) in [5.41, 5.74) is 3.29. The number of carbonyl (C=O) groups excluding carboxylic acids is 1. The number of amides is 1. The summed E-state index contributed by atoms with van der Waals surface area (Å²) in [6.45, 7) is 1.97. The molecule has 1 aromatic heterocycles. The van der Waals surface area contributed by atoms with E-state index in [0.29, 0.717) is 39.2 Å². The smallest absolute Gasteiger partial charge is 0.230 e. The van der Waals surface area contributed by atoms with Crippen molar-refractivity contribution in [3.05, 3.63) is 83.0 Å². The van der Waals surface area contributed by atoms with Crippen LogP contribution in [0.2, 0.25) is 5.02 Å². The summed E-state index contributed by atoms with van der Waals surface area (Å²) >= 11 is 11.8. The first kappa shape index (κ1) is 25.2. The maximum absolute atomic E-state index is 12.4. The molecule has 7 nitrogen and oxygen atoms in total. The molecule has 4 rings (SSSR count). The highest BCUT2D eigenvalue weighted by Gasteiger charge is 2.13. The third-order valence-corrected chi connectivity index (χ3v) is 5.98. The largest absolute Gasteiger partial charge is 0.493 e. The average molecular weight is 522 g/mol. The first-order valence-electron chi connectivity index (χ1n) is 11.0. The van der Waals surface area contributed by atoms with Gasteiger partial charge in [0, 0.05) is 23.3 Å². The molecule has 1 heterocycles. The van der Waals surface area contributed by atoms with Gasteiger partial charge in [-0.05, 0) is 60.6 Å². The Morgan fingerprint density at radius 1 is 0.972 bits per heavy atom. The number of rotatable bonds is 7. The summed E-state index contributed by atoms with van der Waals surface area (Å²) in [6, 6.07) is 18.2. The highest BCUT2D eigenvalue weighted by atomic mass is 35.5. The van der Waals surface area contributed by atoms with Crippen LogP contribution >= 0.6 is 23.8 Å². The van der Waals surface area contributed by atoms with Crippen molar-refractivity contribution in [1.82, 2.24) is 10.3 Å². The average Bonchev–Trinajstić information content (AvgIpc) is 2.86. The zero-order valence-electron chi connectivity index (χ0n) is 19.9. The quantitative estimate of drug-likeness (QED) is 0.286. The molecule has 9 heteroatoms. The number of halogens is 1. The number of thiocarbonyl (C=S) groups is 1. The zero-order valence-corrected chi connectivity index (χ0v) is 21.5. The molecule has 1 amide bonds. The number of pyridine rings is 1. The van der Waals surface area contributed by atoms with Crippen molar-refractivity contribution < 1.29 is 19.0 Å². The van der Waals surface area contributed by atoms with E-state index < -0.39 is 0 Å². The van der Waals surface area contributed by atoms with Crippen LogP contribution in [0.5, 0.6) is 23.0 Å². The molecule has 36 heavy (non-hydrogen) atoms. The van der Waals surface area contributed by atoms with Gasteiger partial charge in [-0.25, -0.2) is 0 Å². The van der Waals surface area contributed by atoms with Crippen LogP contribution in [0.1, 0.15) is 11.1 Å². The predicted molar refractivity (Wildman–Crippen MR) is 146 cm³/mol. The minimum atomic E-state index is -0.204. The van der Waals surface area contributed by atoms with E-state index in [2.05, 4.69) is 15.6 Å². The monoisotopic (exact) mass is 521 g/mol. The molecule has 0 aliphatic rings. The molecule has 0 unspecified atom stereocenters. The van der Waals surface area contributed by atoms with Gasteiger partial charge in [-0.15, -0.1) is 0 Å². The van der Waals surface area contributed by atoms with Gasteiger partial charge in [-0.3, -0.25) is 9.78 Å². The number of anilines is 1. The molecule has 0 bridgehead atoms. The van der Waals surface area contributed by atoms with Gasteiger partial charge >= 0.3 is 0 Å². The molecule has 3 aromatic carbocycles. The van der Waals surface area contributed by atoms with Crippen molar-refractivity contribution in [1.29, 1.82) is 0 Å². The second kappa shape index (κ2) is 11.2. The van der Waals surface area contributed by atoms with E-state index in [-0.39, 0.29) is 17.4 Å². The van der Waals surface area contributed by atoms with Crippen molar-refractivity contribution in [3.63, 3.8) is 0 Å². The van der Waals surface area contributed by atoms with E-state index in [4.69, 9.17) is 38.0 Å². The third-order valence-electron chi connectivity index (χ3n) is 5.48. The molecular formula is C27H24ClN3O4S. The molecule has 0 spiro atoms. The number of hydrogen-bond donors (Lipinski definition) is 2. The first-order chi connectivity index (χ1) is 17.4. The minimum Gasteiger partial charge on any atom is -0.493 e. The Morgan fingerprint density at radius 2 is 1.72 bits per heavy atom. The van der Waals surface area contributed by atoms with Crippen LogP contribution in [0.25, 0.3) is 10.9 Å². The fourth-order valence-corrected chi connectivity index (χ4v) is 4.08. The summed E-state index contributed by atoms with van der Waals surface area (Å²) < 4.78 is 16.9. The van der Waals surface area contributed by atoms with Crippen LogP contribution in [0, 0.1) is 6.92 Å². The van der Waals surface area contributed by atoms with Gasteiger partial charge < -0.3 is 24.8 Å². The second-order valence-corrected chi connectivity index (χ2v) is 8.70. The molecule has 2 N–H and O–H groups in total. The van der Waals surface area contributed by atoms with Crippen LogP contribution in [0.4, 0.5) is 5.69 Å². The highest BCUT2D eigenvalue weighted by molar-refractivity contribution is 7.80. The Bertz CT molecular complexity index is 1440. The number of aryl methyl sites for hydroxylation is 1. The molecule has 4 aromatic rings. The van der Waals surface area contributed by atoms with Crippen molar-refractivity contribution >= 4 is 51.4 Å². The molecular weight excluding hydrogens is 498 g/mol. The standard InChI is InChI=1S/C27H24ClN3O4S/c1-16-6-4-5-7-17(16)12-26(32)31-27(36)30-18-8-9-23(20(28)13-18)35-22-10-11-29-21-15-25(34-3)24(33-2)14-19(21)22/h4-11,13-15H,12H2,1-3H3,(H2,30,31,32,36). The number of aromatic nitrogens is 1. The lowest BCUT2D eigenvalue weighted by atomic mass is 10.1. The number of nitrogens with one attached hydrogen (secondary N) is 2. The number of ether oxygens (including phenoxy) is 3. The van der Waals surface area contributed by atoms with Crippen molar-refractivity contribution in [3.8, 4) is 23.0 Å². The van der Waals surface area contributed by atoms with Gasteiger partial charge in [-0.1, -0.05) is 35.9 Å². The third kappa shape index (κ3) is 5.84. The topological polar surface area (TPSA) is 81.7 Å². The summed E-state index contributed by atoms with van der Waals surface area (Å²) in [7, 11) is 3.14. The van der Waals surface area contributed by atoms with Crippen molar-refractivity contribution in [2.45, 2.75) is 13.3 Å². The lowest BCUT2D eigenvalue weighted by Crippen LogP contribution is -2.35. The summed E-state index contributed by atoms with van der Waals surface area (Å²) in [5.74, 6) is 1.93. The normalized spacial score (nSPS) is 10.6. The minimum absolute atomic E-state index is 0.180. The first-order valence-corrected chi connectivity index (χ1v) is 11.8. The Kier molecular flexibility index (Phi) is 7.87. The summed E-state index contributed by atoms with van der Waals surface area (Å²) in [6.07, 6.45) is 1.88. The van der Waals surface area contributed by atoms with Crippen molar-refractivity contribution in [2.24, 2.45) is 0 Å². The summed E-state index contributed by atoms with van der Waals surface area (Å²) in [4.78, 5) is 16.8. The Balaban J connectivity index is 1.45. The number of fused-ring (bicyclic) bond motifs is 1. The van der Waals surface area contributed by atoms with Crippen LogP contribution in [0.15, 0.2) is 66.9 Å². The Morgan fingerprint density at radius 3 is 2.44 bits per heavy atom. The highest BCUT2D eigenvalue weighted by Crippen LogP contribution is 2.38. The zero-order chi connectivity index (χ0) is 25.7. The molecule has 0 saturated carbocycles. The van der Waals surface area contributed by atoms with E-state index in [9.17, 15) is 4.79 Å². The molecule has 0 aliphatic carbocycles. The second-order valence-electron chi connectivity index (χ2n) is 7.89. The van der Waals surface area contributed by atoms with Gasteiger partial charge in [0.25, 0.3) is 0 Å². The number of carbonyl (C=O) groups is 1. The van der Waals surface area contributed by atoms with Gasteiger partial charge in [0.2, 0.25) is 5.91 Å². The van der Waals surface area contributed by atoms with Crippen LogP contribution in [-0.2, 0) is 11.2 Å². The predicted octanol–water partition coefficient (Wildman–Crippen LogP) is 6.06. The molecule has 0 aliphatic heterocycles. The number of methoxy groups -OCH3 is 2. The van der Waals surface area contributed by atoms with E-state index in [1.165, 1.54) is 0 Å². The SMILES string of the molecule is COc1cc2nccc(Oc3ccc(NC(=S)NC(=O)Cc4ccccc4C)cc3Cl)c2cc1OC. The molecule has 0 radical (unpaired) electrons. The van der Waals surface area contributed by atoms with E-state index in [1.54, 1.807) is 56.8 Å². The van der Waals surface area contributed by atoms with Gasteiger partial charge in [0.1, 0.15) is 11.5 Å². The lowest BCUT2D eigenvalue weighted by Gasteiger charge is -2.14. The van der Waals surface area contributed by atoms with Gasteiger partial charge in [-0.2, -0.15) is 0 Å². The maximum atomic E-state index is 12.4. The molecule has 0 atom stereocenters. The molecule has 0 fully saturated rings. The van der Waals surface area contributed by atoms with Crippen molar-refractivity contribution in [2.75, 3.05) is 19.5 Å². The maximum Gasteiger partial charge on any atom is 0.230 e. The molecule has 184 valence electrons. The van der Waals surface area contributed by atoms with Crippen LogP contribution in [0.3, 0.4) is 0 Å². The van der Waals surface area contributed by atoms with Crippen LogP contribution < -0.4 is 24.8 Å². The number of nitrogens with zero attached hydrogens (tertiary/aromatic N) is 1. The van der Waals surface area contributed by atoms with E-state index >= 15 is 0 Å². The Labute approximate surface area is 219 Å². The summed E-state index contributed by atoms with van der Waals surface area (Å²) in [5, 5.41) is 6.96. The number of hydrogen-bond acceptors (Lipinski definition) is 6. The molecule has 0 saturated heterocycles. The number of benzene rings is 3. The fourth-order valence-electron chi connectivity index (χ4n) is 3.63. The van der Waals surface area contributed by atoms with Gasteiger partial charge in [0.15, 0.2) is 16.6 Å².